The van der Waals surface area contributed by atoms with E-state index in [1.165, 1.54) is 5.56 Å². The number of anilines is 1. The summed E-state index contributed by atoms with van der Waals surface area (Å²) >= 11 is 0. The van der Waals surface area contributed by atoms with E-state index in [-0.39, 0.29) is 0 Å². The van der Waals surface area contributed by atoms with Gasteiger partial charge in [-0.3, -0.25) is 4.79 Å². The van der Waals surface area contributed by atoms with E-state index in [2.05, 4.69) is 17.4 Å². The molecule has 0 fully saturated rings. The highest BCUT2D eigenvalue weighted by molar-refractivity contribution is 5.78. The molecule has 0 spiro atoms. The molecule has 0 radical (unpaired) electrons. The third-order valence-electron chi connectivity index (χ3n) is 3.70. The van der Waals surface area contributed by atoms with Gasteiger partial charge in [-0.1, -0.05) is 60.7 Å². The van der Waals surface area contributed by atoms with Crippen LogP contribution in [0.4, 0.5) is 5.69 Å². The molecule has 120 valence electrons. The number of carbonyl (C=O) groups is 1. The molecule has 0 amide bonds. The van der Waals surface area contributed by atoms with Crippen molar-refractivity contribution in [3.63, 3.8) is 0 Å². The molecule has 3 aromatic carbocycles. The Bertz CT molecular complexity index is 785. The Hall–Kier alpha value is -3.07. The molecule has 0 heterocycles. The Labute approximate surface area is 141 Å². The predicted molar refractivity (Wildman–Crippen MR) is 96.4 cm³/mol. The van der Waals surface area contributed by atoms with E-state index in [0.717, 1.165) is 23.3 Å². The molecule has 0 unspecified atom stereocenters. The summed E-state index contributed by atoms with van der Waals surface area (Å²) in [6.45, 7) is 1.16. The molecule has 3 aromatic rings. The van der Waals surface area contributed by atoms with Crippen LogP contribution in [0.5, 0.6) is 5.75 Å². The van der Waals surface area contributed by atoms with Crippen molar-refractivity contribution in [2.45, 2.75) is 13.2 Å². The van der Waals surface area contributed by atoms with E-state index in [1.54, 1.807) is 6.07 Å². The zero-order valence-corrected chi connectivity index (χ0v) is 13.3. The van der Waals surface area contributed by atoms with Crippen LogP contribution in [0.15, 0.2) is 78.9 Å². The fraction of sp³-hybridized carbons (Fsp3) is 0.0952. The van der Waals surface area contributed by atoms with Crippen LogP contribution in [0.1, 0.15) is 21.5 Å². The van der Waals surface area contributed by atoms with Crippen molar-refractivity contribution in [3.05, 3.63) is 95.6 Å². The lowest BCUT2D eigenvalue weighted by atomic mass is 10.1. The van der Waals surface area contributed by atoms with Crippen molar-refractivity contribution in [2.75, 3.05) is 5.32 Å². The van der Waals surface area contributed by atoms with Crippen LogP contribution in [0.2, 0.25) is 0 Å². The number of aldehydes is 1. The first-order chi connectivity index (χ1) is 11.8. The van der Waals surface area contributed by atoms with Gasteiger partial charge in [-0.2, -0.15) is 0 Å². The van der Waals surface area contributed by atoms with Crippen LogP contribution in [-0.4, -0.2) is 6.29 Å². The number of benzene rings is 3. The zero-order chi connectivity index (χ0) is 16.6. The van der Waals surface area contributed by atoms with Gasteiger partial charge in [0.2, 0.25) is 0 Å². The highest BCUT2D eigenvalue weighted by Gasteiger charge is 2.06. The van der Waals surface area contributed by atoms with E-state index >= 15 is 0 Å². The molecule has 0 atom stereocenters. The number of ether oxygens (including phenoxy) is 1. The van der Waals surface area contributed by atoms with Crippen LogP contribution in [0.25, 0.3) is 0 Å². The quantitative estimate of drug-likeness (QED) is 0.642. The van der Waals surface area contributed by atoms with Crippen LogP contribution in [0.3, 0.4) is 0 Å². The van der Waals surface area contributed by atoms with Crippen molar-refractivity contribution < 1.29 is 9.53 Å². The molecule has 3 nitrogen and oxygen atoms in total. The highest BCUT2D eigenvalue weighted by atomic mass is 16.5. The molecule has 0 aliphatic heterocycles. The number of hydrogen-bond acceptors (Lipinski definition) is 3. The number of carbonyl (C=O) groups excluding carboxylic acids is 1. The van der Waals surface area contributed by atoms with Crippen molar-refractivity contribution in [1.82, 2.24) is 0 Å². The maximum atomic E-state index is 11.1. The molecule has 0 aromatic heterocycles. The minimum absolute atomic E-state index is 0.487. The van der Waals surface area contributed by atoms with E-state index in [4.69, 9.17) is 4.74 Å². The predicted octanol–water partition coefficient (Wildman–Crippen LogP) is 4.69. The van der Waals surface area contributed by atoms with Gasteiger partial charge in [0.25, 0.3) is 0 Å². The van der Waals surface area contributed by atoms with Gasteiger partial charge in [-0.05, 0) is 29.3 Å². The Morgan fingerprint density at radius 2 is 1.50 bits per heavy atom. The normalized spacial score (nSPS) is 10.2. The minimum atomic E-state index is 0.487. The Kier molecular flexibility index (Phi) is 5.25. The summed E-state index contributed by atoms with van der Waals surface area (Å²) in [6.07, 6.45) is 0.842. The molecule has 3 rings (SSSR count). The van der Waals surface area contributed by atoms with Crippen molar-refractivity contribution in [2.24, 2.45) is 0 Å². The Balaban J connectivity index is 1.74. The van der Waals surface area contributed by atoms with Crippen molar-refractivity contribution >= 4 is 12.0 Å². The second-order valence-electron chi connectivity index (χ2n) is 5.49. The standard InChI is InChI=1S/C21H19NO2/c23-15-19-11-12-21(24-16-18-9-5-2-6-10-18)20(13-19)22-14-17-7-3-1-4-8-17/h1-13,15,22H,14,16H2. The molecule has 0 saturated heterocycles. The summed E-state index contributed by atoms with van der Waals surface area (Å²) in [5.41, 5.74) is 3.71. The van der Waals surface area contributed by atoms with Gasteiger partial charge in [0.05, 0.1) is 5.69 Å². The first-order valence-electron chi connectivity index (χ1n) is 7.89. The topological polar surface area (TPSA) is 38.3 Å². The molecule has 0 aliphatic carbocycles. The lowest BCUT2D eigenvalue weighted by Gasteiger charge is -2.14. The maximum absolute atomic E-state index is 11.1. The third-order valence-corrected chi connectivity index (χ3v) is 3.70. The molecular weight excluding hydrogens is 298 g/mol. The SMILES string of the molecule is O=Cc1ccc(OCc2ccccc2)c(NCc2ccccc2)c1. The van der Waals surface area contributed by atoms with Gasteiger partial charge < -0.3 is 10.1 Å². The fourth-order valence-electron chi connectivity index (χ4n) is 2.41. The van der Waals surface area contributed by atoms with Crippen LogP contribution < -0.4 is 10.1 Å². The van der Waals surface area contributed by atoms with Gasteiger partial charge in [0.1, 0.15) is 18.6 Å². The van der Waals surface area contributed by atoms with Gasteiger partial charge >= 0.3 is 0 Å². The summed E-state index contributed by atoms with van der Waals surface area (Å²) < 4.78 is 5.93. The number of rotatable bonds is 7. The molecule has 24 heavy (non-hydrogen) atoms. The summed E-state index contributed by atoms with van der Waals surface area (Å²) in [5, 5.41) is 3.36. The number of hydrogen-bond donors (Lipinski definition) is 1. The monoisotopic (exact) mass is 317 g/mol. The maximum Gasteiger partial charge on any atom is 0.150 e. The fourth-order valence-corrected chi connectivity index (χ4v) is 2.41. The second kappa shape index (κ2) is 7.97. The summed E-state index contributed by atoms with van der Waals surface area (Å²) in [5.74, 6) is 0.736. The third kappa shape index (κ3) is 4.23. The molecule has 0 saturated carbocycles. The van der Waals surface area contributed by atoms with Gasteiger partial charge in [0.15, 0.2) is 0 Å². The summed E-state index contributed by atoms with van der Waals surface area (Å²) in [7, 11) is 0. The zero-order valence-electron chi connectivity index (χ0n) is 13.3. The van der Waals surface area contributed by atoms with Gasteiger partial charge in [-0.25, -0.2) is 0 Å². The van der Waals surface area contributed by atoms with Gasteiger partial charge in [-0.15, -0.1) is 0 Å². The lowest BCUT2D eigenvalue weighted by Crippen LogP contribution is -2.04. The minimum Gasteiger partial charge on any atom is -0.487 e. The average Bonchev–Trinajstić information content (AvgIpc) is 2.66. The smallest absolute Gasteiger partial charge is 0.150 e. The molecule has 3 heteroatoms. The summed E-state index contributed by atoms with van der Waals surface area (Å²) in [6, 6.07) is 25.5. The Morgan fingerprint density at radius 1 is 0.833 bits per heavy atom. The van der Waals surface area contributed by atoms with E-state index < -0.39 is 0 Å². The number of nitrogens with one attached hydrogen (secondary N) is 1. The van der Waals surface area contributed by atoms with E-state index in [9.17, 15) is 4.79 Å². The van der Waals surface area contributed by atoms with Gasteiger partial charge in [0, 0.05) is 12.1 Å². The Morgan fingerprint density at radius 3 is 2.17 bits per heavy atom. The average molecular weight is 317 g/mol. The second-order valence-corrected chi connectivity index (χ2v) is 5.49. The molecule has 0 aliphatic rings. The first kappa shape index (κ1) is 15.8. The van der Waals surface area contributed by atoms with Crippen LogP contribution >= 0.6 is 0 Å². The summed E-state index contributed by atoms with van der Waals surface area (Å²) in [4.78, 5) is 11.1. The molecule has 0 bridgehead atoms. The van der Waals surface area contributed by atoms with Crippen LogP contribution in [-0.2, 0) is 13.2 Å². The largest absolute Gasteiger partial charge is 0.487 e. The molecule has 1 N–H and O–H groups in total. The molecular formula is C21H19NO2. The highest BCUT2D eigenvalue weighted by Crippen LogP contribution is 2.27. The lowest BCUT2D eigenvalue weighted by molar-refractivity contribution is 0.112. The van der Waals surface area contributed by atoms with Crippen molar-refractivity contribution in [3.8, 4) is 5.75 Å². The van der Waals surface area contributed by atoms with Crippen LogP contribution in [0, 0.1) is 0 Å². The van der Waals surface area contributed by atoms with Crippen molar-refractivity contribution in [1.29, 1.82) is 0 Å². The van der Waals surface area contributed by atoms with E-state index in [0.29, 0.717) is 18.7 Å². The first-order valence-corrected chi connectivity index (χ1v) is 7.89. The van der Waals surface area contributed by atoms with E-state index in [1.807, 2.05) is 60.7 Å².